The van der Waals surface area contributed by atoms with Gasteiger partial charge in [0.25, 0.3) is 6.43 Å². The maximum Gasteiger partial charge on any atom is 0.312 e. The van der Waals surface area contributed by atoms with E-state index in [-0.39, 0.29) is 11.9 Å². The van der Waals surface area contributed by atoms with Crippen molar-refractivity contribution in [2.24, 2.45) is 0 Å². The topological polar surface area (TPSA) is 109 Å². The minimum Gasteiger partial charge on any atom is -0.378 e. The van der Waals surface area contributed by atoms with Crippen LogP contribution in [-0.4, -0.2) is 101 Å². The number of ether oxygens (including phenoxy) is 1. The number of amides is 2. The van der Waals surface area contributed by atoms with Crippen LogP contribution in [0.1, 0.15) is 18.7 Å². The second-order valence-corrected chi connectivity index (χ2v) is 9.19. The Morgan fingerprint density at radius 3 is 2.59 bits per heavy atom. The molecule has 2 saturated heterocycles. The number of benzene rings is 1. The van der Waals surface area contributed by atoms with Crippen LogP contribution < -0.4 is 10.2 Å². The summed E-state index contributed by atoms with van der Waals surface area (Å²) >= 11 is 0. The number of halogens is 2. The number of para-hydroxylation sites is 2. The van der Waals surface area contributed by atoms with Crippen molar-refractivity contribution in [3.05, 3.63) is 36.2 Å². The van der Waals surface area contributed by atoms with E-state index in [1.807, 2.05) is 4.90 Å². The summed E-state index contributed by atoms with van der Waals surface area (Å²) in [5, 5.41) is 3.32. The number of anilines is 2. The Balaban J connectivity index is 1.49. The van der Waals surface area contributed by atoms with E-state index in [9.17, 15) is 18.4 Å². The van der Waals surface area contributed by atoms with Gasteiger partial charge in [0.05, 0.1) is 24.2 Å². The molecule has 2 amide bonds. The number of fused-ring (bicyclic) bond motifs is 1. The Labute approximate surface area is 212 Å². The summed E-state index contributed by atoms with van der Waals surface area (Å²) in [7, 11) is 3.07. The lowest BCUT2D eigenvalue weighted by Crippen LogP contribution is -2.42. The van der Waals surface area contributed by atoms with Crippen molar-refractivity contribution in [2.45, 2.75) is 18.9 Å². The number of likely N-dealkylation sites (N-methyl/N-ethyl adjacent to an activating group) is 1. The van der Waals surface area contributed by atoms with Gasteiger partial charge in [-0.1, -0.05) is 12.1 Å². The molecule has 0 radical (unpaired) electrons. The van der Waals surface area contributed by atoms with Gasteiger partial charge in [-0.2, -0.15) is 9.97 Å². The van der Waals surface area contributed by atoms with Crippen molar-refractivity contribution < 1.29 is 23.1 Å². The second-order valence-electron chi connectivity index (χ2n) is 9.19. The zero-order chi connectivity index (χ0) is 26.1. The summed E-state index contributed by atoms with van der Waals surface area (Å²) < 4.78 is 34.9. The van der Waals surface area contributed by atoms with Gasteiger partial charge < -0.3 is 24.8 Å². The molecule has 2 aliphatic rings. The Morgan fingerprint density at radius 1 is 1.11 bits per heavy atom. The number of morpholine rings is 1. The van der Waals surface area contributed by atoms with Gasteiger partial charge >= 0.3 is 11.8 Å². The highest BCUT2D eigenvalue weighted by atomic mass is 19.3. The number of aromatic nitrogens is 4. The minimum absolute atomic E-state index is 0.173. The van der Waals surface area contributed by atoms with Crippen molar-refractivity contribution in [1.82, 2.24) is 29.3 Å². The van der Waals surface area contributed by atoms with E-state index in [1.54, 1.807) is 30.3 Å². The molecule has 0 aliphatic carbocycles. The first-order valence-corrected chi connectivity index (χ1v) is 12.1. The van der Waals surface area contributed by atoms with Crippen LogP contribution in [0.4, 0.5) is 20.5 Å². The number of likely N-dealkylation sites (tertiary alicyclic amines) is 1. The monoisotopic (exact) mass is 514 g/mol. The lowest BCUT2D eigenvalue weighted by Gasteiger charge is -2.28. The molecule has 1 atom stereocenters. The van der Waals surface area contributed by atoms with Gasteiger partial charge in [0.1, 0.15) is 11.6 Å². The number of hydrogen-bond donors (Lipinski definition) is 1. The number of rotatable bonds is 5. The van der Waals surface area contributed by atoms with E-state index in [0.717, 1.165) is 0 Å². The highest BCUT2D eigenvalue weighted by Gasteiger charge is 2.31. The van der Waals surface area contributed by atoms with E-state index in [4.69, 9.17) is 4.74 Å². The molecule has 0 spiro atoms. The van der Waals surface area contributed by atoms with Crippen molar-refractivity contribution in [2.75, 3.05) is 63.7 Å². The molecule has 3 aromatic rings. The molecule has 2 fully saturated rings. The quantitative estimate of drug-likeness (QED) is 0.513. The molecular weight excluding hydrogens is 486 g/mol. The Kier molecular flexibility index (Phi) is 6.87. The molecule has 1 N–H and O–H groups in total. The van der Waals surface area contributed by atoms with Crippen LogP contribution in [0.25, 0.3) is 16.9 Å². The molecule has 2 aromatic heterocycles. The molecule has 0 saturated carbocycles. The molecule has 13 heteroatoms. The third-order valence-corrected chi connectivity index (χ3v) is 6.42. The van der Waals surface area contributed by atoms with E-state index in [0.29, 0.717) is 68.6 Å². The fourth-order valence-electron chi connectivity index (χ4n) is 4.55. The smallest absolute Gasteiger partial charge is 0.312 e. The van der Waals surface area contributed by atoms with Crippen LogP contribution in [0.5, 0.6) is 0 Å². The van der Waals surface area contributed by atoms with E-state index < -0.39 is 24.1 Å². The Hall–Kier alpha value is -3.87. The first-order chi connectivity index (χ1) is 17.8. The van der Waals surface area contributed by atoms with Crippen LogP contribution in [0.2, 0.25) is 0 Å². The molecule has 37 heavy (non-hydrogen) atoms. The van der Waals surface area contributed by atoms with Crippen LogP contribution >= 0.6 is 0 Å². The number of nitrogens with zero attached hydrogens (tertiary/aromatic N) is 7. The maximum absolute atomic E-state index is 14.0. The zero-order valence-electron chi connectivity index (χ0n) is 20.6. The molecule has 5 rings (SSSR count). The number of carbonyl (C=O) groups excluding carboxylic acids is 2. The molecule has 196 valence electrons. The Bertz CT molecular complexity index is 1310. The number of hydrogen-bond acceptors (Lipinski definition) is 8. The Morgan fingerprint density at radius 2 is 1.86 bits per heavy atom. The van der Waals surface area contributed by atoms with Crippen LogP contribution in [0, 0.1) is 0 Å². The standard InChI is InChI=1S/C24H28F2N8O3/c1-31(2)22(35)23(36)33-8-7-15(14-33)27-18-13-19(30-24(29-18)32-9-11-37-12-10-32)34-17-6-4-3-5-16(17)28-21(34)20(25)26/h3-6,13,15,20H,7-12,14H2,1-2H3,(H,27,29,30)/t15-/m0/s1. The second kappa shape index (κ2) is 10.2. The highest BCUT2D eigenvalue weighted by molar-refractivity contribution is 6.34. The number of imidazole rings is 1. The molecule has 1 aromatic carbocycles. The summed E-state index contributed by atoms with van der Waals surface area (Å²) in [4.78, 5) is 42.7. The van der Waals surface area contributed by atoms with Gasteiger partial charge in [0.2, 0.25) is 5.95 Å². The lowest BCUT2D eigenvalue weighted by molar-refractivity contribution is -0.149. The molecule has 0 unspecified atom stereocenters. The van der Waals surface area contributed by atoms with Crippen molar-refractivity contribution in [3.8, 4) is 5.82 Å². The third-order valence-electron chi connectivity index (χ3n) is 6.42. The van der Waals surface area contributed by atoms with E-state index in [1.165, 1.54) is 28.5 Å². The van der Waals surface area contributed by atoms with Crippen LogP contribution in [0.3, 0.4) is 0 Å². The van der Waals surface area contributed by atoms with Crippen LogP contribution in [0.15, 0.2) is 30.3 Å². The summed E-state index contributed by atoms with van der Waals surface area (Å²) in [6.45, 7) is 2.88. The average molecular weight is 515 g/mol. The lowest BCUT2D eigenvalue weighted by atomic mass is 10.2. The maximum atomic E-state index is 14.0. The predicted molar refractivity (Wildman–Crippen MR) is 132 cm³/mol. The normalized spacial score (nSPS) is 18.0. The summed E-state index contributed by atoms with van der Waals surface area (Å²) in [5.41, 5.74) is 0.949. The predicted octanol–water partition coefficient (Wildman–Crippen LogP) is 1.69. The van der Waals surface area contributed by atoms with Crippen molar-refractivity contribution in [1.29, 1.82) is 0 Å². The first kappa shape index (κ1) is 24.8. The van der Waals surface area contributed by atoms with Gasteiger partial charge in [-0.25, -0.2) is 13.8 Å². The van der Waals surface area contributed by atoms with Crippen molar-refractivity contribution >= 4 is 34.6 Å². The molecule has 2 aliphatic heterocycles. The number of nitrogens with one attached hydrogen (secondary N) is 1. The number of carbonyl (C=O) groups is 2. The fraction of sp³-hybridized carbons (Fsp3) is 0.458. The molecule has 0 bridgehead atoms. The van der Waals surface area contributed by atoms with Crippen molar-refractivity contribution in [3.63, 3.8) is 0 Å². The SMILES string of the molecule is CN(C)C(=O)C(=O)N1CC[C@H](Nc2cc(-n3c(C(F)F)nc4ccccc43)nc(N3CCOCC3)n2)C1. The van der Waals surface area contributed by atoms with Gasteiger partial charge in [-0.05, 0) is 18.6 Å². The van der Waals surface area contributed by atoms with Crippen LogP contribution in [-0.2, 0) is 14.3 Å². The molecular formula is C24H28F2N8O3. The summed E-state index contributed by atoms with van der Waals surface area (Å²) in [6.07, 6.45) is -2.20. The van der Waals surface area contributed by atoms with Gasteiger partial charge in [0, 0.05) is 52.4 Å². The number of alkyl halides is 2. The van der Waals surface area contributed by atoms with Gasteiger partial charge in [-0.3, -0.25) is 14.2 Å². The fourth-order valence-corrected chi connectivity index (χ4v) is 4.55. The summed E-state index contributed by atoms with van der Waals surface area (Å²) in [6, 6.07) is 8.35. The highest BCUT2D eigenvalue weighted by Crippen LogP contribution is 2.29. The average Bonchev–Trinajstić information content (AvgIpc) is 3.53. The van der Waals surface area contributed by atoms with Gasteiger partial charge in [0.15, 0.2) is 5.82 Å². The van der Waals surface area contributed by atoms with E-state index in [2.05, 4.69) is 20.3 Å². The van der Waals surface area contributed by atoms with E-state index >= 15 is 0 Å². The van der Waals surface area contributed by atoms with Gasteiger partial charge in [-0.15, -0.1) is 0 Å². The zero-order valence-corrected chi connectivity index (χ0v) is 20.6. The molecule has 4 heterocycles. The largest absolute Gasteiger partial charge is 0.378 e. The first-order valence-electron chi connectivity index (χ1n) is 12.1. The third kappa shape index (κ3) is 5.03. The molecule has 11 nitrogen and oxygen atoms in total. The minimum atomic E-state index is -2.81. The summed E-state index contributed by atoms with van der Waals surface area (Å²) in [5.74, 6) is -0.461.